The number of alkyl halides is 3. The predicted octanol–water partition coefficient (Wildman–Crippen LogP) is 3.78. The van der Waals surface area contributed by atoms with Crippen molar-refractivity contribution >= 4 is 0 Å². The van der Waals surface area contributed by atoms with Crippen molar-refractivity contribution in [2.45, 2.75) is 31.5 Å². The van der Waals surface area contributed by atoms with Crippen LogP contribution in [0.1, 0.15) is 36.4 Å². The van der Waals surface area contributed by atoms with Crippen molar-refractivity contribution in [3.63, 3.8) is 0 Å². The van der Waals surface area contributed by atoms with Gasteiger partial charge >= 0.3 is 6.18 Å². The quantitative estimate of drug-likeness (QED) is 0.910. The fourth-order valence-electron chi connectivity index (χ4n) is 2.64. The van der Waals surface area contributed by atoms with Crippen LogP contribution in [-0.2, 0) is 10.9 Å². The molecule has 5 heteroatoms. The molecule has 0 bridgehead atoms. The lowest BCUT2D eigenvalue weighted by molar-refractivity contribution is -0.137. The molecule has 1 heterocycles. The van der Waals surface area contributed by atoms with E-state index in [4.69, 9.17) is 4.74 Å². The van der Waals surface area contributed by atoms with Gasteiger partial charge in [0.05, 0.1) is 5.56 Å². The Kier molecular flexibility index (Phi) is 5.05. The minimum Gasteiger partial charge on any atom is -0.381 e. The van der Waals surface area contributed by atoms with E-state index in [2.05, 4.69) is 5.32 Å². The second-order valence-corrected chi connectivity index (χ2v) is 5.25. The van der Waals surface area contributed by atoms with Crippen LogP contribution in [-0.4, -0.2) is 20.3 Å². The minimum absolute atomic E-state index is 0.0976. The number of hydrogen-bond acceptors (Lipinski definition) is 2. The highest BCUT2D eigenvalue weighted by molar-refractivity contribution is 5.26. The maximum absolute atomic E-state index is 12.5. The molecule has 20 heavy (non-hydrogen) atoms. The Balaban J connectivity index is 2.03. The van der Waals surface area contributed by atoms with E-state index in [1.807, 2.05) is 7.05 Å². The molecule has 1 aromatic rings. The zero-order valence-corrected chi connectivity index (χ0v) is 11.5. The molecule has 112 valence electrons. The van der Waals surface area contributed by atoms with Gasteiger partial charge in [-0.25, -0.2) is 0 Å². The van der Waals surface area contributed by atoms with Crippen LogP contribution < -0.4 is 5.32 Å². The van der Waals surface area contributed by atoms with Gasteiger partial charge in [0, 0.05) is 19.3 Å². The molecule has 1 saturated heterocycles. The summed E-state index contributed by atoms with van der Waals surface area (Å²) in [6, 6.07) is 5.56. The lowest BCUT2D eigenvalue weighted by Crippen LogP contribution is -2.24. The summed E-state index contributed by atoms with van der Waals surface area (Å²) in [5.41, 5.74) is 0.314. The van der Waals surface area contributed by atoms with Gasteiger partial charge in [0.2, 0.25) is 0 Å². The Morgan fingerprint density at radius 2 is 1.80 bits per heavy atom. The Hall–Kier alpha value is -1.07. The van der Waals surface area contributed by atoms with E-state index in [0.29, 0.717) is 5.92 Å². The summed E-state index contributed by atoms with van der Waals surface area (Å²) < 4.78 is 43.0. The van der Waals surface area contributed by atoms with Gasteiger partial charge in [0.15, 0.2) is 0 Å². The van der Waals surface area contributed by atoms with Crippen molar-refractivity contribution < 1.29 is 17.9 Å². The zero-order valence-electron chi connectivity index (χ0n) is 11.5. The van der Waals surface area contributed by atoms with Crippen molar-refractivity contribution in [3.05, 3.63) is 35.4 Å². The molecule has 2 nitrogen and oxygen atoms in total. The second-order valence-electron chi connectivity index (χ2n) is 5.25. The van der Waals surface area contributed by atoms with Crippen LogP contribution in [0.15, 0.2) is 24.3 Å². The van der Waals surface area contributed by atoms with Crippen LogP contribution in [0.25, 0.3) is 0 Å². The van der Waals surface area contributed by atoms with Crippen LogP contribution in [0.2, 0.25) is 0 Å². The van der Waals surface area contributed by atoms with E-state index >= 15 is 0 Å². The molecule has 0 spiro atoms. The third-order valence-corrected chi connectivity index (χ3v) is 3.90. The first-order valence-electron chi connectivity index (χ1n) is 6.93. The fourth-order valence-corrected chi connectivity index (χ4v) is 2.64. The monoisotopic (exact) mass is 287 g/mol. The average molecular weight is 287 g/mol. The molecule has 0 radical (unpaired) electrons. The van der Waals surface area contributed by atoms with E-state index < -0.39 is 11.7 Å². The van der Waals surface area contributed by atoms with Crippen molar-refractivity contribution in [3.8, 4) is 0 Å². The van der Waals surface area contributed by atoms with Crippen LogP contribution in [0.3, 0.4) is 0 Å². The van der Waals surface area contributed by atoms with E-state index in [-0.39, 0.29) is 6.04 Å². The van der Waals surface area contributed by atoms with Gasteiger partial charge in [-0.2, -0.15) is 13.2 Å². The summed E-state index contributed by atoms with van der Waals surface area (Å²) in [7, 11) is 1.85. The number of nitrogens with one attached hydrogen (secondary N) is 1. The van der Waals surface area contributed by atoms with Crippen molar-refractivity contribution in [1.82, 2.24) is 5.32 Å². The zero-order chi connectivity index (χ0) is 14.6. The molecular weight excluding hydrogens is 267 g/mol. The maximum atomic E-state index is 12.5. The average Bonchev–Trinajstić information content (AvgIpc) is 2.45. The summed E-state index contributed by atoms with van der Waals surface area (Å²) in [6.07, 6.45) is -1.28. The summed E-state index contributed by atoms with van der Waals surface area (Å²) in [4.78, 5) is 0. The van der Waals surface area contributed by atoms with Gasteiger partial charge in [0.25, 0.3) is 0 Å². The van der Waals surface area contributed by atoms with Crippen LogP contribution >= 0.6 is 0 Å². The molecule has 0 aliphatic carbocycles. The minimum atomic E-state index is -4.27. The SMILES string of the molecule is CNC(CC1CCOCC1)c1ccc(C(F)(F)F)cc1. The summed E-state index contributed by atoms with van der Waals surface area (Å²) >= 11 is 0. The van der Waals surface area contributed by atoms with E-state index in [0.717, 1.165) is 50.2 Å². The third kappa shape index (κ3) is 3.96. The van der Waals surface area contributed by atoms with Crippen molar-refractivity contribution in [2.24, 2.45) is 5.92 Å². The largest absolute Gasteiger partial charge is 0.416 e. The first-order chi connectivity index (χ1) is 9.50. The van der Waals surface area contributed by atoms with E-state index in [1.165, 1.54) is 0 Å². The highest BCUT2D eigenvalue weighted by Crippen LogP contribution is 2.32. The number of rotatable bonds is 4. The van der Waals surface area contributed by atoms with Gasteiger partial charge in [-0.1, -0.05) is 12.1 Å². The summed E-state index contributed by atoms with van der Waals surface area (Å²) in [5.74, 6) is 0.573. The lowest BCUT2D eigenvalue weighted by Gasteiger charge is -2.27. The highest BCUT2D eigenvalue weighted by Gasteiger charge is 2.30. The fraction of sp³-hybridized carbons (Fsp3) is 0.600. The normalized spacial score (nSPS) is 19.0. The van der Waals surface area contributed by atoms with Gasteiger partial charge in [-0.05, 0) is 49.9 Å². The van der Waals surface area contributed by atoms with Crippen molar-refractivity contribution in [1.29, 1.82) is 0 Å². The Morgan fingerprint density at radius 1 is 1.20 bits per heavy atom. The van der Waals surface area contributed by atoms with Crippen LogP contribution in [0, 0.1) is 5.92 Å². The van der Waals surface area contributed by atoms with Crippen LogP contribution in [0.5, 0.6) is 0 Å². The molecule has 2 rings (SSSR count). The molecule has 1 unspecified atom stereocenters. The smallest absolute Gasteiger partial charge is 0.381 e. The third-order valence-electron chi connectivity index (χ3n) is 3.90. The highest BCUT2D eigenvalue weighted by atomic mass is 19.4. The van der Waals surface area contributed by atoms with Crippen molar-refractivity contribution in [2.75, 3.05) is 20.3 Å². The van der Waals surface area contributed by atoms with Gasteiger partial charge in [-0.3, -0.25) is 0 Å². The number of hydrogen-bond donors (Lipinski definition) is 1. The number of ether oxygens (including phenoxy) is 1. The lowest BCUT2D eigenvalue weighted by atomic mass is 9.89. The van der Waals surface area contributed by atoms with E-state index in [1.54, 1.807) is 12.1 Å². The molecule has 1 aromatic carbocycles. The molecule has 1 aliphatic heterocycles. The van der Waals surface area contributed by atoms with Gasteiger partial charge < -0.3 is 10.1 Å². The summed E-state index contributed by atoms with van der Waals surface area (Å²) in [6.45, 7) is 1.57. The maximum Gasteiger partial charge on any atom is 0.416 e. The molecule has 0 amide bonds. The first-order valence-corrected chi connectivity index (χ1v) is 6.93. The molecule has 1 aliphatic rings. The molecular formula is C15H20F3NO. The topological polar surface area (TPSA) is 21.3 Å². The van der Waals surface area contributed by atoms with Crippen LogP contribution in [0.4, 0.5) is 13.2 Å². The molecule has 0 aromatic heterocycles. The Bertz CT molecular complexity index is 410. The molecule has 1 N–H and O–H groups in total. The molecule has 1 atom stereocenters. The van der Waals surface area contributed by atoms with Gasteiger partial charge in [0.1, 0.15) is 0 Å². The molecule has 0 saturated carbocycles. The standard InChI is InChI=1S/C15H20F3NO/c1-19-14(10-11-6-8-20-9-7-11)12-2-4-13(5-3-12)15(16,17)18/h2-5,11,14,19H,6-10H2,1H3. The second kappa shape index (κ2) is 6.59. The Labute approximate surface area is 117 Å². The Morgan fingerprint density at radius 3 is 2.30 bits per heavy atom. The molecule has 1 fully saturated rings. The predicted molar refractivity (Wildman–Crippen MR) is 71.4 cm³/mol. The first kappa shape index (κ1) is 15.3. The van der Waals surface area contributed by atoms with E-state index in [9.17, 15) is 13.2 Å². The summed E-state index contributed by atoms with van der Waals surface area (Å²) in [5, 5.41) is 3.20. The number of halogens is 3. The number of benzene rings is 1. The van der Waals surface area contributed by atoms with Gasteiger partial charge in [-0.15, -0.1) is 0 Å².